The highest BCUT2D eigenvalue weighted by molar-refractivity contribution is 7.98. The van der Waals surface area contributed by atoms with Gasteiger partial charge in [-0.3, -0.25) is 9.55 Å². The van der Waals surface area contributed by atoms with Crippen LogP contribution in [0.25, 0.3) is 22.8 Å². The minimum Gasteiger partial charge on any atom is -0.334 e. The molecule has 0 bridgehead atoms. The molecule has 0 unspecified atom stereocenters. The van der Waals surface area contributed by atoms with Gasteiger partial charge in [-0.15, -0.1) is 10.2 Å². The molecule has 3 aromatic heterocycles. The first-order valence-corrected chi connectivity index (χ1v) is 10.3. The van der Waals surface area contributed by atoms with Crippen molar-refractivity contribution in [3.05, 3.63) is 59.4 Å². The van der Waals surface area contributed by atoms with Crippen LogP contribution < -0.4 is 0 Å². The molecule has 0 aliphatic heterocycles. The SMILES string of the molecule is Fc1ccc(Cl)cc1-c1nc(CSc2nnc(-c3ccncc3)n2C2CC2)no1. The fourth-order valence-electron chi connectivity index (χ4n) is 2.95. The highest BCUT2D eigenvalue weighted by Gasteiger charge is 2.30. The molecule has 0 saturated heterocycles. The zero-order valence-electron chi connectivity index (χ0n) is 15.0. The van der Waals surface area contributed by atoms with Crippen molar-refractivity contribution in [1.29, 1.82) is 0 Å². The van der Waals surface area contributed by atoms with Crippen molar-refractivity contribution in [1.82, 2.24) is 29.9 Å². The van der Waals surface area contributed by atoms with Gasteiger partial charge in [0, 0.05) is 29.0 Å². The van der Waals surface area contributed by atoms with Crippen LogP contribution in [0.2, 0.25) is 5.02 Å². The standard InChI is InChI=1S/C19H14ClFN6OS/c20-12-1-4-15(21)14(9-12)18-23-16(26-28-18)10-29-19-25-24-17(27(19)13-2-3-13)11-5-7-22-8-6-11/h1,4-9,13H,2-3,10H2. The van der Waals surface area contributed by atoms with Gasteiger partial charge in [-0.25, -0.2) is 4.39 Å². The molecule has 146 valence electrons. The topological polar surface area (TPSA) is 82.5 Å². The van der Waals surface area contributed by atoms with Crippen LogP contribution in [-0.4, -0.2) is 29.9 Å². The van der Waals surface area contributed by atoms with Crippen molar-refractivity contribution >= 4 is 23.4 Å². The normalized spacial score (nSPS) is 13.7. The maximum Gasteiger partial charge on any atom is 0.260 e. The van der Waals surface area contributed by atoms with Gasteiger partial charge in [-0.05, 0) is 43.2 Å². The molecule has 1 aliphatic carbocycles. The molecule has 0 amide bonds. The molecule has 4 aromatic rings. The van der Waals surface area contributed by atoms with Crippen LogP contribution in [0, 0.1) is 5.82 Å². The highest BCUT2D eigenvalue weighted by atomic mass is 35.5. The van der Waals surface area contributed by atoms with Crippen molar-refractivity contribution in [2.45, 2.75) is 29.8 Å². The second-order valence-corrected chi connectivity index (χ2v) is 7.95. The third kappa shape index (κ3) is 3.75. The van der Waals surface area contributed by atoms with Gasteiger partial charge in [0.15, 0.2) is 16.8 Å². The van der Waals surface area contributed by atoms with Gasteiger partial charge in [0.05, 0.1) is 11.3 Å². The number of thioether (sulfide) groups is 1. The van der Waals surface area contributed by atoms with Crippen LogP contribution >= 0.6 is 23.4 Å². The van der Waals surface area contributed by atoms with Crippen LogP contribution in [0.1, 0.15) is 24.7 Å². The summed E-state index contributed by atoms with van der Waals surface area (Å²) >= 11 is 7.41. The fraction of sp³-hybridized carbons (Fsp3) is 0.211. The van der Waals surface area contributed by atoms with Crippen molar-refractivity contribution < 1.29 is 8.91 Å². The van der Waals surface area contributed by atoms with Gasteiger partial charge >= 0.3 is 0 Å². The molecular weight excluding hydrogens is 415 g/mol. The van der Waals surface area contributed by atoms with Crippen molar-refractivity contribution in [3.63, 3.8) is 0 Å². The number of rotatable bonds is 6. The van der Waals surface area contributed by atoms with Gasteiger partial charge < -0.3 is 4.52 Å². The molecule has 0 atom stereocenters. The summed E-state index contributed by atoms with van der Waals surface area (Å²) in [6.07, 6.45) is 5.68. The lowest BCUT2D eigenvalue weighted by Gasteiger charge is -2.07. The molecule has 1 aliphatic rings. The lowest BCUT2D eigenvalue weighted by atomic mass is 10.2. The summed E-state index contributed by atoms with van der Waals surface area (Å²) in [4.78, 5) is 8.35. The number of nitrogens with zero attached hydrogens (tertiary/aromatic N) is 6. The Bertz CT molecular complexity index is 1160. The van der Waals surface area contributed by atoms with Crippen molar-refractivity contribution in [2.24, 2.45) is 0 Å². The molecule has 7 nitrogen and oxygen atoms in total. The number of aromatic nitrogens is 6. The predicted molar refractivity (Wildman–Crippen MR) is 106 cm³/mol. The average Bonchev–Trinajstić information content (AvgIpc) is 3.31. The van der Waals surface area contributed by atoms with E-state index in [0.29, 0.717) is 22.6 Å². The Kier molecular flexibility index (Phi) is 4.76. The number of hydrogen-bond acceptors (Lipinski definition) is 7. The summed E-state index contributed by atoms with van der Waals surface area (Å²) in [5, 5.41) is 13.9. The molecule has 0 N–H and O–H groups in total. The van der Waals surface area contributed by atoms with Crippen molar-refractivity contribution in [2.75, 3.05) is 0 Å². The zero-order valence-corrected chi connectivity index (χ0v) is 16.6. The lowest BCUT2D eigenvalue weighted by Crippen LogP contribution is -2.00. The first-order valence-electron chi connectivity index (χ1n) is 8.95. The minimum atomic E-state index is -0.465. The van der Waals surface area contributed by atoms with Gasteiger partial charge in [0.2, 0.25) is 0 Å². The molecule has 29 heavy (non-hydrogen) atoms. The van der Waals surface area contributed by atoms with E-state index in [-0.39, 0.29) is 11.5 Å². The number of hydrogen-bond donors (Lipinski definition) is 0. The molecule has 5 rings (SSSR count). The Labute approximate surface area is 174 Å². The second-order valence-electron chi connectivity index (χ2n) is 6.57. The summed E-state index contributed by atoms with van der Waals surface area (Å²) in [6, 6.07) is 8.45. The predicted octanol–water partition coefficient (Wildman–Crippen LogP) is 4.81. The third-order valence-electron chi connectivity index (χ3n) is 4.47. The molecular formula is C19H14ClFN6OS. The first-order chi connectivity index (χ1) is 14.2. The number of pyridine rings is 1. The van der Waals surface area contributed by atoms with E-state index in [4.69, 9.17) is 16.1 Å². The van der Waals surface area contributed by atoms with Gasteiger partial charge in [0.1, 0.15) is 5.82 Å². The van der Waals surface area contributed by atoms with E-state index < -0.39 is 5.82 Å². The molecule has 10 heteroatoms. The molecule has 0 spiro atoms. The maximum atomic E-state index is 14.0. The Morgan fingerprint density at radius 1 is 1.17 bits per heavy atom. The number of benzene rings is 1. The summed E-state index contributed by atoms with van der Waals surface area (Å²) < 4.78 is 21.4. The van der Waals surface area contributed by atoms with E-state index in [1.54, 1.807) is 12.4 Å². The van der Waals surface area contributed by atoms with E-state index in [2.05, 4.69) is 29.9 Å². The second kappa shape index (κ2) is 7.57. The van der Waals surface area contributed by atoms with Crippen molar-refractivity contribution in [3.8, 4) is 22.8 Å². The van der Waals surface area contributed by atoms with Crippen LogP contribution in [0.5, 0.6) is 0 Å². The molecule has 1 aromatic carbocycles. The smallest absolute Gasteiger partial charge is 0.260 e. The van der Waals surface area contributed by atoms with E-state index in [9.17, 15) is 4.39 Å². The van der Waals surface area contributed by atoms with Crippen LogP contribution in [0.3, 0.4) is 0 Å². The minimum absolute atomic E-state index is 0.0988. The maximum absolute atomic E-state index is 14.0. The van der Waals surface area contributed by atoms with Gasteiger partial charge in [-0.1, -0.05) is 28.5 Å². The summed E-state index contributed by atoms with van der Waals surface area (Å²) in [5.74, 6) is 1.33. The lowest BCUT2D eigenvalue weighted by molar-refractivity contribution is 0.422. The highest BCUT2D eigenvalue weighted by Crippen LogP contribution is 2.41. The third-order valence-corrected chi connectivity index (χ3v) is 5.65. The van der Waals surface area contributed by atoms with E-state index in [1.807, 2.05) is 12.1 Å². The monoisotopic (exact) mass is 428 g/mol. The van der Waals surface area contributed by atoms with E-state index in [0.717, 1.165) is 29.4 Å². The van der Waals surface area contributed by atoms with Gasteiger partial charge in [0.25, 0.3) is 5.89 Å². The van der Waals surface area contributed by atoms with E-state index in [1.165, 1.54) is 30.0 Å². The Hall–Kier alpha value is -2.78. The molecule has 0 radical (unpaired) electrons. The fourth-order valence-corrected chi connectivity index (χ4v) is 3.97. The average molecular weight is 429 g/mol. The Morgan fingerprint density at radius 2 is 2.00 bits per heavy atom. The summed E-state index contributed by atoms with van der Waals surface area (Å²) in [6.45, 7) is 0. The van der Waals surface area contributed by atoms with Gasteiger partial charge in [-0.2, -0.15) is 4.98 Å². The van der Waals surface area contributed by atoms with Crippen LogP contribution in [-0.2, 0) is 5.75 Å². The Morgan fingerprint density at radius 3 is 2.79 bits per heavy atom. The molecule has 1 saturated carbocycles. The van der Waals surface area contributed by atoms with Crippen LogP contribution in [0.15, 0.2) is 52.4 Å². The zero-order chi connectivity index (χ0) is 19.8. The molecule has 1 fully saturated rings. The first kappa shape index (κ1) is 18.3. The quantitative estimate of drug-likeness (QED) is 0.407. The largest absolute Gasteiger partial charge is 0.334 e. The van der Waals surface area contributed by atoms with Crippen LogP contribution in [0.4, 0.5) is 4.39 Å². The summed E-state index contributed by atoms with van der Waals surface area (Å²) in [7, 11) is 0. The Balaban J connectivity index is 1.37. The van der Waals surface area contributed by atoms with E-state index >= 15 is 0 Å². The number of halogens is 2. The summed E-state index contributed by atoms with van der Waals surface area (Å²) in [5.41, 5.74) is 1.16. The molecule has 3 heterocycles.